The minimum Gasteiger partial charge on any atom is -0.473 e. The molecule has 1 aromatic heterocycles. The van der Waals surface area contributed by atoms with E-state index >= 15 is 0 Å². The summed E-state index contributed by atoms with van der Waals surface area (Å²) in [6.07, 6.45) is 0. The molecule has 6 heteroatoms. The van der Waals surface area contributed by atoms with Gasteiger partial charge >= 0.3 is 0 Å². The maximum Gasteiger partial charge on any atom is 0.258 e. The second-order valence-corrected chi connectivity index (χ2v) is 5.72. The van der Waals surface area contributed by atoms with Gasteiger partial charge < -0.3 is 15.6 Å². The molecule has 0 saturated carbocycles. The molecule has 0 aliphatic rings. The summed E-state index contributed by atoms with van der Waals surface area (Å²) < 4.78 is 18.5. The van der Waals surface area contributed by atoms with Crippen LogP contribution in [-0.4, -0.2) is 16.0 Å². The number of primary amides is 1. The van der Waals surface area contributed by atoms with Gasteiger partial charge in [-0.3, -0.25) is 4.79 Å². The Morgan fingerprint density at radius 1 is 1.00 bits per heavy atom. The fraction of sp³-hybridized carbons (Fsp3) is 0.100. The van der Waals surface area contributed by atoms with Crippen molar-refractivity contribution in [3.8, 4) is 5.88 Å². The lowest BCUT2D eigenvalue weighted by Gasteiger charge is -2.25. The highest BCUT2D eigenvalue weighted by Crippen LogP contribution is 2.29. The highest BCUT2D eigenvalue weighted by atomic mass is 19.1. The summed E-state index contributed by atoms with van der Waals surface area (Å²) in [4.78, 5) is 15.6. The molecular weight excluding hydrogens is 335 g/mol. The molecule has 132 valence electrons. The number of amides is 1. The second-order valence-electron chi connectivity index (χ2n) is 5.72. The molecule has 1 amide bonds. The van der Waals surface area contributed by atoms with Crippen molar-refractivity contribution >= 4 is 5.91 Å². The van der Waals surface area contributed by atoms with E-state index in [4.69, 9.17) is 10.5 Å². The van der Waals surface area contributed by atoms with Gasteiger partial charge in [-0.15, -0.1) is 0 Å². The Morgan fingerprint density at radius 3 is 2.27 bits per heavy atom. The third-order valence-corrected chi connectivity index (χ3v) is 4.00. The van der Waals surface area contributed by atoms with E-state index in [-0.39, 0.29) is 12.5 Å². The predicted octanol–water partition coefficient (Wildman–Crippen LogP) is 2.52. The van der Waals surface area contributed by atoms with Crippen molar-refractivity contribution in [1.82, 2.24) is 4.98 Å². The number of carbonyl (C=O) groups is 1. The fourth-order valence-corrected chi connectivity index (χ4v) is 2.60. The van der Waals surface area contributed by atoms with Crippen molar-refractivity contribution in [3.05, 3.63) is 95.4 Å². The number of ether oxygens (including phenoxy) is 1. The fourth-order valence-electron chi connectivity index (χ4n) is 2.60. The van der Waals surface area contributed by atoms with Crippen LogP contribution in [0.5, 0.6) is 5.88 Å². The van der Waals surface area contributed by atoms with Crippen LogP contribution in [0.4, 0.5) is 4.39 Å². The van der Waals surface area contributed by atoms with Crippen LogP contribution in [0.2, 0.25) is 0 Å². The number of pyridine rings is 1. The second kappa shape index (κ2) is 7.33. The minimum absolute atomic E-state index is 0.164. The number of halogens is 1. The first-order valence-corrected chi connectivity index (χ1v) is 7.93. The number of rotatable bonds is 6. The molecule has 0 radical (unpaired) electrons. The zero-order valence-electron chi connectivity index (χ0n) is 13.8. The number of aromatic nitrogens is 1. The van der Waals surface area contributed by atoms with Crippen LogP contribution < -0.4 is 10.5 Å². The molecule has 26 heavy (non-hydrogen) atoms. The van der Waals surface area contributed by atoms with Crippen molar-refractivity contribution in [1.29, 1.82) is 0 Å². The summed E-state index contributed by atoms with van der Waals surface area (Å²) in [6, 6.07) is 19.4. The molecule has 0 aliphatic heterocycles. The molecule has 1 unspecified atom stereocenters. The lowest BCUT2D eigenvalue weighted by atomic mass is 9.85. The van der Waals surface area contributed by atoms with E-state index in [1.807, 2.05) is 0 Å². The van der Waals surface area contributed by atoms with Crippen LogP contribution in [0.1, 0.15) is 16.7 Å². The molecule has 3 rings (SSSR count). The Bertz CT molecular complexity index is 900. The van der Waals surface area contributed by atoms with Gasteiger partial charge in [0.25, 0.3) is 5.91 Å². The number of nitrogens with two attached hydrogens (primary N) is 1. The molecule has 0 spiro atoms. The first-order valence-electron chi connectivity index (χ1n) is 7.93. The first-order chi connectivity index (χ1) is 12.5. The quantitative estimate of drug-likeness (QED) is 0.668. The highest BCUT2D eigenvalue weighted by molar-refractivity contribution is 5.88. The lowest BCUT2D eigenvalue weighted by Crippen LogP contribution is -2.42. The Kier molecular flexibility index (Phi) is 4.95. The summed E-state index contributed by atoms with van der Waals surface area (Å²) in [5.74, 6) is -1.31. The van der Waals surface area contributed by atoms with Crippen molar-refractivity contribution in [2.75, 3.05) is 0 Å². The van der Waals surface area contributed by atoms with Gasteiger partial charge in [0.2, 0.25) is 11.8 Å². The third-order valence-electron chi connectivity index (χ3n) is 4.00. The largest absolute Gasteiger partial charge is 0.473 e. The number of nitrogens with zero attached hydrogens (tertiary/aromatic N) is 1. The molecule has 0 fully saturated rings. The van der Waals surface area contributed by atoms with E-state index in [0.717, 1.165) is 5.56 Å². The van der Waals surface area contributed by atoms with Gasteiger partial charge in [0, 0.05) is 6.07 Å². The van der Waals surface area contributed by atoms with Crippen LogP contribution in [0.25, 0.3) is 0 Å². The molecule has 1 heterocycles. The van der Waals surface area contributed by atoms with Gasteiger partial charge in [-0.05, 0) is 22.8 Å². The van der Waals surface area contributed by atoms with E-state index in [9.17, 15) is 14.3 Å². The van der Waals surface area contributed by atoms with E-state index in [0.29, 0.717) is 11.1 Å². The highest BCUT2D eigenvalue weighted by Gasteiger charge is 2.37. The summed E-state index contributed by atoms with van der Waals surface area (Å²) in [6.45, 7) is 0.164. The summed E-state index contributed by atoms with van der Waals surface area (Å²) in [5.41, 5.74) is 5.04. The Labute approximate surface area is 149 Å². The summed E-state index contributed by atoms with van der Waals surface area (Å²) in [7, 11) is 0. The SMILES string of the molecule is NC(=O)C(O)(c1ccccc1)c1ccc(COc2cccc(F)n2)cc1. The molecule has 3 N–H and O–H groups in total. The van der Waals surface area contributed by atoms with Crippen molar-refractivity contribution in [2.45, 2.75) is 12.2 Å². The van der Waals surface area contributed by atoms with Crippen LogP contribution in [0.3, 0.4) is 0 Å². The maximum absolute atomic E-state index is 13.1. The molecule has 3 aromatic rings. The minimum atomic E-state index is -1.93. The van der Waals surface area contributed by atoms with Crippen LogP contribution >= 0.6 is 0 Å². The molecule has 1 atom stereocenters. The normalized spacial score (nSPS) is 13.0. The maximum atomic E-state index is 13.1. The summed E-state index contributed by atoms with van der Waals surface area (Å²) in [5, 5.41) is 10.9. The average Bonchev–Trinajstić information content (AvgIpc) is 2.67. The number of benzene rings is 2. The number of hydrogen-bond donors (Lipinski definition) is 2. The van der Waals surface area contributed by atoms with E-state index in [1.165, 1.54) is 12.1 Å². The number of carbonyl (C=O) groups excluding carboxylic acids is 1. The van der Waals surface area contributed by atoms with Gasteiger partial charge in [0.15, 0.2) is 5.60 Å². The Hall–Kier alpha value is -3.25. The Morgan fingerprint density at radius 2 is 1.65 bits per heavy atom. The molecule has 0 saturated heterocycles. The van der Waals surface area contributed by atoms with Gasteiger partial charge in [-0.2, -0.15) is 9.37 Å². The number of aliphatic hydroxyl groups is 1. The standard InChI is InChI=1S/C20H17FN2O3/c21-17-7-4-8-18(23-17)26-13-14-9-11-16(12-10-14)20(25,19(22)24)15-5-2-1-3-6-15/h1-12,25H,13H2,(H2,22,24). The van der Waals surface area contributed by atoms with Gasteiger partial charge in [-0.25, -0.2) is 0 Å². The van der Waals surface area contributed by atoms with Crippen LogP contribution in [-0.2, 0) is 17.0 Å². The average molecular weight is 352 g/mol. The van der Waals surface area contributed by atoms with Gasteiger partial charge in [-0.1, -0.05) is 60.7 Å². The molecular formula is C20H17FN2O3. The molecule has 0 bridgehead atoms. The first kappa shape index (κ1) is 17.6. The monoisotopic (exact) mass is 352 g/mol. The Balaban J connectivity index is 1.80. The third kappa shape index (κ3) is 3.55. The van der Waals surface area contributed by atoms with E-state index in [2.05, 4.69) is 4.98 Å². The van der Waals surface area contributed by atoms with Crippen molar-refractivity contribution in [3.63, 3.8) is 0 Å². The zero-order chi connectivity index (χ0) is 18.6. The topological polar surface area (TPSA) is 85.4 Å². The van der Waals surface area contributed by atoms with Crippen LogP contribution in [0, 0.1) is 5.95 Å². The van der Waals surface area contributed by atoms with Gasteiger partial charge in [0.1, 0.15) is 6.61 Å². The van der Waals surface area contributed by atoms with E-state index < -0.39 is 17.5 Å². The smallest absolute Gasteiger partial charge is 0.258 e. The number of hydrogen-bond acceptors (Lipinski definition) is 4. The van der Waals surface area contributed by atoms with Crippen LogP contribution in [0.15, 0.2) is 72.8 Å². The summed E-state index contributed by atoms with van der Waals surface area (Å²) >= 11 is 0. The van der Waals surface area contributed by atoms with Crippen molar-refractivity contribution in [2.24, 2.45) is 5.73 Å². The molecule has 5 nitrogen and oxygen atoms in total. The molecule has 0 aliphatic carbocycles. The van der Waals surface area contributed by atoms with Crippen molar-refractivity contribution < 1.29 is 19.0 Å². The lowest BCUT2D eigenvalue weighted by molar-refractivity contribution is -0.133. The zero-order valence-corrected chi connectivity index (χ0v) is 13.8. The van der Waals surface area contributed by atoms with E-state index in [1.54, 1.807) is 60.7 Å². The van der Waals surface area contributed by atoms with Gasteiger partial charge in [0.05, 0.1) is 0 Å². The molecule has 2 aromatic carbocycles. The predicted molar refractivity (Wildman–Crippen MR) is 93.6 cm³/mol.